The molecule has 19 heavy (non-hydrogen) atoms. The van der Waals surface area contributed by atoms with E-state index in [1.165, 1.54) is 12.8 Å². The Morgan fingerprint density at radius 3 is 2.84 bits per heavy atom. The van der Waals surface area contributed by atoms with Crippen LogP contribution < -0.4 is 16.4 Å². The summed E-state index contributed by atoms with van der Waals surface area (Å²) in [5, 5.41) is 5.78. The van der Waals surface area contributed by atoms with Gasteiger partial charge in [-0.15, -0.1) is 0 Å². The van der Waals surface area contributed by atoms with Gasteiger partial charge in [-0.1, -0.05) is 12.1 Å². The Balaban J connectivity index is 1.86. The van der Waals surface area contributed by atoms with Crippen LogP contribution in [0.25, 0.3) is 0 Å². The zero-order chi connectivity index (χ0) is 13.9. The van der Waals surface area contributed by atoms with Gasteiger partial charge in [0.15, 0.2) is 0 Å². The summed E-state index contributed by atoms with van der Waals surface area (Å²) in [5.41, 5.74) is 7.62. The number of anilines is 1. The third-order valence-electron chi connectivity index (χ3n) is 3.48. The van der Waals surface area contributed by atoms with E-state index in [0.717, 1.165) is 17.8 Å². The molecule has 1 fully saturated rings. The van der Waals surface area contributed by atoms with Crippen molar-refractivity contribution in [2.24, 2.45) is 5.73 Å². The van der Waals surface area contributed by atoms with Crippen LogP contribution in [0, 0.1) is 0 Å². The monoisotopic (exact) mass is 279 g/mol. The molecule has 1 saturated carbocycles. The number of carbonyl (C=O) groups is 1. The molecule has 0 heterocycles. The summed E-state index contributed by atoms with van der Waals surface area (Å²) in [6.45, 7) is 2.65. The second-order valence-corrected chi connectivity index (χ2v) is 6.38. The minimum absolute atomic E-state index is 0.0314. The fourth-order valence-electron chi connectivity index (χ4n) is 1.91. The van der Waals surface area contributed by atoms with Crippen LogP contribution in [0.4, 0.5) is 10.5 Å². The van der Waals surface area contributed by atoms with E-state index in [0.29, 0.717) is 0 Å². The molecule has 1 aliphatic rings. The van der Waals surface area contributed by atoms with E-state index in [9.17, 15) is 4.79 Å². The Morgan fingerprint density at radius 1 is 1.53 bits per heavy atom. The number of benzene rings is 1. The van der Waals surface area contributed by atoms with E-state index in [1.807, 2.05) is 43.0 Å². The van der Waals surface area contributed by atoms with Crippen molar-refractivity contribution in [1.29, 1.82) is 0 Å². The SMILES string of the molecule is CSC1(CNC(=O)Nc2cccc(C(C)N)c2)CC1. The van der Waals surface area contributed by atoms with E-state index in [-0.39, 0.29) is 16.8 Å². The molecule has 1 aromatic rings. The van der Waals surface area contributed by atoms with Gasteiger partial charge in [0, 0.05) is 23.0 Å². The number of thioether (sulfide) groups is 1. The zero-order valence-corrected chi connectivity index (χ0v) is 12.2. The Kier molecular flexibility index (Phi) is 4.37. The average Bonchev–Trinajstić information content (AvgIpc) is 3.17. The number of urea groups is 1. The second kappa shape index (κ2) is 5.84. The van der Waals surface area contributed by atoms with Gasteiger partial charge < -0.3 is 16.4 Å². The summed E-state index contributed by atoms with van der Waals surface area (Å²) in [6.07, 6.45) is 4.47. The zero-order valence-electron chi connectivity index (χ0n) is 11.4. The molecule has 4 N–H and O–H groups in total. The van der Waals surface area contributed by atoms with Crippen molar-refractivity contribution in [3.63, 3.8) is 0 Å². The maximum absolute atomic E-state index is 11.8. The smallest absolute Gasteiger partial charge is 0.319 e. The number of hydrogen-bond acceptors (Lipinski definition) is 3. The highest BCUT2D eigenvalue weighted by Gasteiger charge is 2.41. The molecule has 0 saturated heterocycles. The van der Waals surface area contributed by atoms with Crippen LogP contribution in [0.3, 0.4) is 0 Å². The third kappa shape index (κ3) is 3.88. The summed E-state index contributed by atoms with van der Waals surface area (Å²) in [5.74, 6) is 0. The fourth-order valence-corrected chi connectivity index (χ4v) is 2.64. The highest BCUT2D eigenvalue weighted by atomic mass is 32.2. The lowest BCUT2D eigenvalue weighted by Gasteiger charge is -2.14. The lowest BCUT2D eigenvalue weighted by atomic mass is 10.1. The van der Waals surface area contributed by atoms with E-state index in [4.69, 9.17) is 5.73 Å². The molecule has 1 aliphatic carbocycles. The fraction of sp³-hybridized carbons (Fsp3) is 0.500. The van der Waals surface area contributed by atoms with Gasteiger partial charge >= 0.3 is 6.03 Å². The maximum Gasteiger partial charge on any atom is 0.319 e. The molecule has 0 spiro atoms. The van der Waals surface area contributed by atoms with Gasteiger partial charge in [-0.05, 0) is 43.7 Å². The van der Waals surface area contributed by atoms with Crippen molar-refractivity contribution < 1.29 is 4.79 Å². The van der Waals surface area contributed by atoms with Gasteiger partial charge in [0.25, 0.3) is 0 Å². The number of rotatable bonds is 5. The highest BCUT2D eigenvalue weighted by molar-refractivity contribution is 8.00. The van der Waals surface area contributed by atoms with Crippen LogP contribution in [-0.4, -0.2) is 23.6 Å². The average molecular weight is 279 g/mol. The molecule has 2 rings (SSSR count). The van der Waals surface area contributed by atoms with Crippen LogP contribution in [0.2, 0.25) is 0 Å². The van der Waals surface area contributed by atoms with Crippen LogP contribution >= 0.6 is 11.8 Å². The van der Waals surface area contributed by atoms with Crippen LogP contribution in [0.5, 0.6) is 0 Å². The normalized spacial score (nSPS) is 17.6. The largest absolute Gasteiger partial charge is 0.336 e. The molecule has 2 amide bonds. The number of nitrogens with one attached hydrogen (secondary N) is 2. The van der Waals surface area contributed by atoms with Crippen molar-refractivity contribution in [3.05, 3.63) is 29.8 Å². The summed E-state index contributed by atoms with van der Waals surface area (Å²) < 4.78 is 0.283. The van der Waals surface area contributed by atoms with Gasteiger partial charge in [-0.3, -0.25) is 0 Å². The highest BCUT2D eigenvalue weighted by Crippen LogP contribution is 2.46. The molecule has 104 valence electrons. The maximum atomic E-state index is 11.8. The van der Waals surface area contributed by atoms with E-state index in [2.05, 4.69) is 16.9 Å². The summed E-state index contributed by atoms with van der Waals surface area (Å²) in [6, 6.07) is 7.45. The number of nitrogens with two attached hydrogens (primary N) is 1. The number of amides is 2. The second-order valence-electron chi connectivity index (χ2n) is 5.11. The standard InChI is InChI=1S/C14H21N3OS/c1-10(15)11-4-3-5-12(8-11)17-13(18)16-9-14(19-2)6-7-14/h3-5,8,10H,6-7,9,15H2,1-2H3,(H2,16,17,18). The van der Waals surface area contributed by atoms with Crippen LogP contribution in [0.1, 0.15) is 31.4 Å². The van der Waals surface area contributed by atoms with Crippen molar-refractivity contribution in [2.45, 2.75) is 30.6 Å². The van der Waals surface area contributed by atoms with Crippen molar-refractivity contribution >= 4 is 23.5 Å². The Hall–Kier alpha value is -1.20. The third-order valence-corrected chi connectivity index (χ3v) is 4.90. The van der Waals surface area contributed by atoms with Gasteiger partial charge in [0.05, 0.1) is 0 Å². The minimum Gasteiger partial charge on any atom is -0.336 e. The molecule has 0 aromatic heterocycles. The predicted octanol–water partition coefficient (Wildman–Crippen LogP) is 2.72. The first-order valence-corrected chi connectivity index (χ1v) is 7.73. The minimum atomic E-state index is -0.151. The molecule has 0 radical (unpaired) electrons. The number of carbonyl (C=O) groups excluding carboxylic acids is 1. The van der Waals surface area contributed by atoms with Gasteiger partial charge in [0.1, 0.15) is 0 Å². The molecule has 0 bridgehead atoms. The molecule has 1 aromatic carbocycles. The van der Waals surface area contributed by atoms with Gasteiger partial charge in [0.2, 0.25) is 0 Å². The van der Waals surface area contributed by atoms with Crippen molar-refractivity contribution in [2.75, 3.05) is 18.1 Å². The van der Waals surface area contributed by atoms with E-state index in [1.54, 1.807) is 0 Å². The molecule has 4 nitrogen and oxygen atoms in total. The summed E-state index contributed by atoms with van der Waals surface area (Å²) in [7, 11) is 0. The molecular weight excluding hydrogens is 258 g/mol. The van der Waals surface area contributed by atoms with Crippen LogP contribution in [-0.2, 0) is 0 Å². The predicted molar refractivity (Wildman–Crippen MR) is 81.5 cm³/mol. The first kappa shape index (κ1) is 14.2. The van der Waals surface area contributed by atoms with E-state index >= 15 is 0 Å². The Labute approximate surface area is 118 Å². The van der Waals surface area contributed by atoms with Gasteiger partial charge in [-0.25, -0.2) is 4.79 Å². The lowest BCUT2D eigenvalue weighted by molar-refractivity contribution is 0.252. The lowest BCUT2D eigenvalue weighted by Crippen LogP contribution is -2.35. The topological polar surface area (TPSA) is 67.2 Å². The van der Waals surface area contributed by atoms with Crippen molar-refractivity contribution in [1.82, 2.24) is 5.32 Å². The molecule has 0 aliphatic heterocycles. The molecular formula is C14H21N3OS. The Morgan fingerprint density at radius 2 is 2.26 bits per heavy atom. The first-order valence-electron chi connectivity index (χ1n) is 6.50. The molecule has 5 heteroatoms. The summed E-state index contributed by atoms with van der Waals surface area (Å²) in [4.78, 5) is 11.8. The Bertz CT molecular complexity index is 458. The quantitative estimate of drug-likeness (QED) is 0.776. The van der Waals surface area contributed by atoms with Gasteiger partial charge in [-0.2, -0.15) is 11.8 Å². The number of hydrogen-bond donors (Lipinski definition) is 3. The first-order chi connectivity index (χ1) is 9.04. The van der Waals surface area contributed by atoms with Crippen LogP contribution in [0.15, 0.2) is 24.3 Å². The molecule has 1 atom stereocenters. The van der Waals surface area contributed by atoms with E-state index < -0.39 is 0 Å². The summed E-state index contributed by atoms with van der Waals surface area (Å²) >= 11 is 1.83. The molecule has 1 unspecified atom stereocenters. The van der Waals surface area contributed by atoms with Crippen molar-refractivity contribution in [3.8, 4) is 0 Å².